The molecule has 5 rings (SSSR count). The highest BCUT2D eigenvalue weighted by molar-refractivity contribution is 9.11. The molecule has 10 nitrogen and oxygen atoms in total. The SMILES string of the molecule is C=C(C)C.C=C(C)c1cc(C#N)c(F)c(C(=C)C)c1N.CC(C)c1cc(C#N)c(F)c(C(C)C)c1N.CC(C)c1cc(C#N)c(F)c(C(C)C)c1N.N#Cc1cc(Br)c(N)c(Br)c1F.N#Cc1ccc(N)cc1F. The van der Waals surface area contributed by atoms with Crippen molar-refractivity contribution in [2.45, 2.75) is 107 Å². The molecule has 0 aromatic heterocycles. The number of nitrogen functional groups attached to an aromatic ring is 5. The van der Waals surface area contributed by atoms with E-state index in [1.165, 1.54) is 29.8 Å². The Bertz CT molecular complexity index is 3020. The second kappa shape index (κ2) is 30.4. The molecular weight excluding hydrogens is 1080 g/mol. The number of benzene rings is 5. The number of rotatable bonds is 6. The third kappa shape index (κ3) is 18.1. The summed E-state index contributed by atoms with van der Waals surface area (Å²) >= 11 is 6.04. The predicted molar refractivity (Wildman–Crippen MR) is 299 cm³/mol. The van der Waals surface area contributed by atoms with Crippen molar-refractivity contribution in [1.82, 2.24) is 0 Å². The molecule has 390 valence electrons. The summed E-state index contributed by atoms with van der Waals surface area (Å²) in [7, 11) is 0. The summed E-state index contributed by atoms with van der Waals surface area (Å²) in [6, 6.07) is 18.8. The number of nitrogens with zero attached hydrogens (tertiary/aromatic N) is 5. The van der Waals surface area contributed by atoms with Crippen LogP contribution in [0.5, 0.6) is 0 Å². The third-order valence-corrected chi connectivity index (χ3v) is 11.6. The van der Waals surface area contributed by atoms with Crippen LogP contribution in [0.1, 0.15) is 168 Å². The summed E-state index contributed by atoms with van der Waals surface area (Å²) in [5.74, 6) is -2.43. The smallest absolute Gasteiger partial charge is 0.157 e. The van der Waals surface area contributed by atoms with Gasteiger partial charge in [-0.3, -0.25) is 0 Å². The van der Waals surface area contributed by atoms with Crippen LogP contribution in [-0.2, 0) is 0 Å². The molecule has 74 heavy (non-hydrogen) atoms. The van der Waals surface area contributed by atoms with Crippen molar-refractivity contribution in [2.24, 2.45) is 0 Å². The fourth-order valence-electron chi connectivity index (χ4n) is 6.52. The summed E-state index contributed by atoms with van der Waals surface area (Å²) in [4.78, 5) is 0. The topological polar surface area (TPSA) is 249 Å². The zero-order chi connectivity index (χ0) is 57.8. The van der Waals surface area contributed by atoms with Crippen LogP contribution >= 0.6 is 31.9 Å². The van der Waals surface area contributed by atoms with Gasteiger partial charge >= 0.3 is 0 Å². The average molecular weight is 1140 g/mol. The van der Waals surface area contributed by atoms with Crippen LogP contribution in [0.3, 0.4) is 0 Å². The first-order valence-electron chi connectivity index (χ1n) is 22.5. The Hall–Kier alpha value is -7.62. The van der Waals surface area contributed by atoms with Gasteiger partial charge in [0, 0.05) is 49.5 Å². The minimum Gasteiger partial charge on any atom is -0.399 e. The fraction of sp³-hybridized carbons (Fsp3) is 0.281. The predicted octanol–water partition coefficient (Wildman–Crippen LogP) is 16.1. The Morgan fingerprint density at radius 3 is 1.15 bits per heavy atom. The fourth-order valence-corrected chi connectivity index (χ4v) is 7.64. The van der Waals surface area contributed by atoms with Gasteiger partial charge in [-0.1, -0.05) is 74.1 Å². The summed E-state index contributed by atoms with van der Waals surface area (Å²) in [5, 5.41) is 43.4. The van der Waals surface area contributed by atoms with E-state index >= 15 is 0 Å². The van der Waals surface area contributed by atoms with Gasteiger partial charge in [0.1, 0.15) is 47.8 Å². The molecule has 0 aliphatic carbocycles. The lowest BCUT2D eigenvalue weighted by molar-refractivity contribution is 0.594. The molecule has 0 aliphatic heterocycles. The number of hydrogen-bond acceptors (Lipinski definition) is 10. The quantitative estimate of drug-likeness (QED) is 0.0465. The highest BCUT2D eigenvalue weighted by Gasteiger charge is 2.22. The van der Waals surface area contributed by atoms with Crippen molar-refractivity contribution in [3.63, 3.8) is 0 Å². The molecule has 5 aromatic rings. The van der Waals surface area contributed by atoms with Gasteiger partial charge in [-0.2, -0.15) is 26.3 Å². The number of anilines is 5. The van der Waals surface area contributed by atoms with Crippen LogP contribution in [0.25, 0.3) is 11.1 Å². The lowest BCUT2D eigenvalue weighted by atomic mass is 9.90. The Morgan fingerprint density at radius 2 is 0.838 bits per heavy atom. The first-order chi connectivity index (χ1) is 34.2. The van der Waals surface area contributed by atoms with Gasteiger partial charge in [0.15, 0.2) is 11.6 Å². The maximum Gasteiger partial charge on any atom is 0.157 e. The number of halogens is 7. The van der Waals surface area contributed by atoms with Crippen molar-refractivity contribution in [3.8, 4) is 30.3 Å². The monoisotopic (exact) mass is 1140 g/mol. The van der Waals surface area contributed by atoms with E-state index in [0.29, 0.717) is 49.4 Å². The van der Waals surface area contributed by atoms with Gasteiger partial charge in [-0.15, -0.1) is 6.58 Å². The molecule has 17 heteroatoms. The largest absolute Gasteiger partial charge is 0.399 e. The Balaban J connectivity index is 0.000000891. The summed E-state index contributed by atoms with van der Waals surface area (Å²) in [6.07, 6.45) is 0. The molecule has 0 saturated heterocycles. The Morgan fingerprint density at radius 1 is 0.473 bits per heavy atom. The molecule has 0 bridgehead atoms. The highest BCUT2D eigenvalue weighted by Crippen LogP contribution is 2.37. The lowest BCUT2D eigenvalue weighted by Gasteiger charge is -2.18. The normalized spacial score (nSPS) is 9.86. The summed E-state index contributed by atoms with van der Waals surface area (Å²) < 4.78 is 67.9. The number of hydrogen-bond donors (Lipinski definition) is 5. The van der Waals surface area contributed by atoms with E-state index in [0.717, 1.165) is 17.2 Å². The second-order valence-corrected chi connectivity index (χ2v) is 19.7. The first kappa shape index (κ1) is 66.4. The van der Waals surface area contributed by atoms with Crippen molar-refractivity contribution in [1.29, 1.82) is 26.3 Å². The van der Waals surface area contributed by atoms with E-state index in [9.17, 15) is 22.0 Å². The number of nitrogens with two attached hydrogens (primary N) is 5. The van der Waals surface area contributed by atoms with Crippen LogP contribution in [0.15, 0.2) is 76.7 Å². The summed E-state index contributed by atoms with van der Waals surface area (Å²) in [6.45, 7) is 33.7. The van der Waals surface area contributed by atoms with Gasteiger partial charge in [0.05, 0.1) is 38.0 Å². The van der Waals surface area contributed by atoms with E-state index in [1.807, 2.05) is 81.4 Å². The van der Waals surface area contributed by atoms with Crippen molar-refractivity contribution in [2.75, 3.05) is 28.7 Å². The molecule has 0 amide bonds. The van der Waals surface area contributed by atoms with Crippen LogP contribution in [0, 0.1) is 85.7 Å². The van der Waals surface area contributed by atoms with Gasteiger partial charge in [0.2, 0.25) is 0 Å². The van der Waals surface area contributed by atoms with Gasteiger partial charge in [0.25, 0.3) is 0 Å². The molecule has 0 spiro atoms. The summed E-state index contributed by atoms with van der Waals surface area (Å²) in [5.41, 5.74) is 36.2. The van der Waals surface area contributed by atoms with E-state index < -0.39 is 29.1 Å². The van der Waals surface area contributed by atoms with Crippen molar-refractivity contribution in [3.05, 3.63) is 167 Å². The molecule has 0 atom stereocenters. The standard InChI is InChI=1S/2C13H17FN2.C13H13FN2.C7H3Br2FN2.C7H5FN2.C4H8/c3*1-7(2)10-5-9(6-15)12(14)11(8(3)4)13(10)16;8-4-1-3(2-11)6(10)5(9)7(4)12;8-7-3-6(10)2-1-5(7)4-9;1-4(2)3/h2*5,7-8H,16H2,1-4H3;5H,1,3,16H2,2,4H3;1H,12H2;1-3H,10H2;1H2,2-3H3. The zero-order valence-electron chi connectivity index (χ0n) is 43.7. The van der Waals surface area contributed by atoms with E-state index in [-0.39, 0.29) is 72.9 Å². The van der Waals surface area contributed by atoms with Crippen LogP contribution in [0.2, 0.25) is 0 Å². The maximum atomic E-state index is 13.9. The highest BCUT2D eigenvalue weighted by atomic mass is 79.9. The molecule has 0 radical (unpaired) electrons. The maximum absolute atomic E-state index is 13.9. The molecular formula is C57H63Br2F5N10. The molecule has 5 aromatic carbocycles. The lowest BCUT2D eigenvalue weighted by Crippen LogP contribution is -2.07. The van der Waals surface area contributed by atoms with Crippen LogP contribution < -0.4 is 28.7 Å². The molecule has 0 heterocycles. The second-order valence-electron chi connectivity index (χ2n) is 18.0. The Labute approximate surface area is 450 Å². The Kier molecular flexibility index (Phi) is 27.3. The van der Waals surface area contributed by atoms with Crippen molar-refractivity contribution < 1.29 is 22.0 Å². The van der Waals surface area contributed by atoms with Crippen LogP contribution in [0.4, 0.5) is 50.4 Å². The van der Waals surface area contributed by atoms with E-state index in [2.05, 4.69) is 51.6 Å². The molecule has 0 fully saturated rings. The first-order valence-corrected chi connectivity index (χ1v) is 24.1. The number of allylic oxidation sites excluding steroid dienone is 3. The van der Waals surface area contributed by atoms with Gasteiger partial charge in [-0.05, 0) is 148 Å². The minimum atomic E-state index is -0.627. The van der Waals surface area contributed by atoms with Crippen molar-refractivity contribution >= 4 is 71.4 Å². The molecule has 10 N–H and O–H groups in total. The van der Waals surface area contributed by atoms with Crippen LogP contribution in [-0.4, -0.2) is 0 Å². The van der Waals surface area contributed by atoms with E-state index in [4.69, 9.17) is 55.0 Å². The number of nitriles is 5. The minimum absolute atomic E-state index is 0.0224. The van der Waals surface area contributed by atoms with Gasteiger partial charge < -0.3 is 28.7 Å². The zero-order valence-corrected chi connectivity index (χ0v) is 46.9. The third-order valence-electron chi connectivity index (χ3n) is 10.1. The van der Waals surface area contributed by atoms with E-state index in [1.54, 1.807) is 44.2 Å². The molecule has 0 aliphatic rings. The average Bonchev–Trinajstić information content (AvgIpc) is 3.30. The molecule has 0 unspecified atom stereocenters. The molecule has 0 saturated carbocycles. The van der Waals surface area contributed by atoms with Gasteiger partial charge in [-0.25, -0.2) is 22.0 Å².